The Labute approximate surface area is 111 Å². The summed E-state index contributed by atoms with van der Waals surface area (Å²) < 4.78 is 0. The number of carboxylic acid groups (broad SMARTS) is 1. The quantitative estimate of drug-likeness (QED) is 0.760. The lowest BCUT2D eigenvalue weighted by molar-refractivity contribution is -0.136. The molecule has 1 aliphatic heterocycles. The van der Waals surface area contributed by atoms with Crippen molar-refractivity contribution in [2.24, 2.45) is 4.99 Å². The lowest BCUT2D eigenvalue weighted by atomic mass is 10.1. The van der Waals surface area contributed by atoms with E-state index in [0.717, 1.165) is 11.3 Å². The van der Waals surface area contributed by atoms with Gasteiger partial charge >= 0.3 is 5.97 Å². The maximum atomic E-state index is 11.1. The molecular weight excluding hydrogens is 242 g/mol. The lowest BCUT2D eigenvalue weighted by Crippen LogP contribution is -2.28. The molecule has 0 bridgehead atoms. The fourth-order valence-electron chi connectivity index (χ4n) is 1.88. The first-order valence-electron chi connectivity index (χ1n) is 5.93. The van der Waals surface area contributed by atoms with Crippen molar-refractivity contribution in [3.8, 4) is 0 Å². The molecule has 0 fully saturated rings. The van der Waals surface area contributed by atoms with Gasteiger partial charge in [-0.15, -0.1) is 0 Å². The van der Waals surface area contributed by atoms with Gasteiger partial charge in [-0.25, -0.2) is 9.79 Å². The van der Waals surface area contributed by atoms with Gasteiger partial charge in [-0.2, -0.15) is 0 Å². The van der Waals surface area contributed by atoms with E-state index in [1.807, 2.05) is 37.3 Å². The zero-order valence-corrected chi connectivity index (χ0v) is 10.6. The third-order valence-corrected chi connectivity index (χ3v) is 2.73. The number of rotatable bonds is 2. The summed E-state index contributed by atoms with van der Waals surface area (Å²) in [5, 5.41) is 19.9. The first-order chi connectivity index (χ1) is 9.06. The third-order valence-electron chi connectivity index (χ3n) is 2.73. The van der Waals surface area contributed by atoms with Crippen LogP contribution in [0.4, 0.5) is 5.69 Å². The standard InChI is InChI=1S/C14H15N3O2/c1-9-7-11(15)13(14(18)19)17-12(8-9)16-10-5-3-2-4-6-10/h2-6,8,13,15H,7H2,1H3,(H,16,17)(H,18,19). The summed E-state index contributed by atoms with van der Waals surface area (Å²) in [6.07, 6.45) is 2.12. The minimum absolute atomic E-state index is 0.103. The van der Waals surface area contributed by atoms with Gasteiger partial charge < -0.3 is 15.8 Å². The maximum absolute atomic E-state index is 11.1. The zero-order chi connectivity index (χ0) is 13.8. The van der Waals surface area contributed by atoms with Crippen molar-refractivity contribution in [3.63, 3.8) is 0 Å². The molecule has 98 valence electrons. The van der Waals surface area contributed by atoms with Gasteiger partial charge in [0.1, 0.15) is 5.84 Å². The van der Waals surface area contributed by atoms with Crippen LogP contribution in [0.15, 0.2) is 47.0 Å². The number of hydrogen-bond donors (Lipinski definition) is 3. The fraction of sp³-hybridized carbons (Fsp3) is 0.214. The molecule has 0 saturated carbocycles. The van der Waals surface area contributed by atoms with Crippen LogP contribution in [0.25, 0.3) is 0 Å². The molecule has 1 unspecified atom stereocenters. The van der Waals surface area contributed by atoms with Crippen LogP contribution in [-0.2, 0) is 4.79 Å². The highest BCUT2D eigenvalue weighted by Crippen LogP contribution is 2.14. The number of aliphatic imine (C=N–C) groups is 1. The molecule has 19 heavy (non-hydrogen) atoms. The number of carbonyl (C=O) groups is 1. The topological polar surface area (TPSA) is 85.5 Å². The summed E-state index contributed by atoms with van der Waals surface area (Å²) in [4.78, 5) is 15.2. The van der Waals surface area contributed by atoms with Crippen LogP contribution < -0.4 is 5.32 Å². The van der Waals surface area contributed by atoms with Gasteiger partial charge in [0, 0.05) is 17.8 Å². The molecule has 0 aromatic heterocycles. The molecule has 1 aromatic rings. The highest BCUT2D eigenvalue weighted by molar-refractivity contribution is 6.12. The van der Waals surface area contributed by atoms with Crippen molar-refractivity contribution in [3.05, 3.63) is 42.0 Å². The number of aliphatic carboxylic acids is 1. The van der Waals surface area contributed by atoms with Crippen molar-refractivity contribution in [2.45, 2.75) is 19.4 Å². The van der Waals surface area contributed by atoms with Crippen LogP contribution in [0.1, 0.15) is 13.3 Å². The Hall–Kier alpha value is -2.43. The molecule has 0 aliphatic carbocycles. The molecule has 2 rings (SSSR count). The van der Waals surface area contributed by atoms with Crippen molar-refractivity contribution in [2.75, 3.05) is 5.32 Å². The van der Waals surface area contributed by atoms with Crippen LogP contribution in [0.5, 0.6) is 0 Å². The largest absolute Gasteiger partial charge is 0.479 e. The second-order valence-corrected chi connectivity index (χ2v) is 4.44. The normalized spacial score (nSPS) is 19.2. The van der Waals surface area contributed by atoms with Crippen molar-refractivity contribution in [1.82, 2.24) is 0 Å². The van der Waals surface area contributed by atoms with Gasteiger partial charge in [0.25, 0.3) is 0 Å². The van der Waals surface area contributed by atoms with Crippen LogP contribution in [-0.4, -0.2) is 28.7 Å². The summed E-state index contributed by atoms with van der Waals surface area (Å²) in [7, 11) is 0. The van der Waals surface area contributed by atoms with Gasteiger partial charge in [-0.1, -0.05) is 23.8 Å². The van der Waals surface area contributed by atoms with E-state index < -0.39 is 12.0 Å². The first-order valence-corrected chi connectivity index (χ1v) is 5.93. The summed E-state index contributed by atoms with van der Waals surface area (Å²) in [5.41, 5.74) is 1.85. The molecule has 0 radical (unpaired) electrons. The summed E-state index contributed by atoms with van der Waals surface area (Å²) in [6.45, 7) is 1.86. The van der Waals surface area contributed by atoms with Crippen LogP contribution >= 0.6 is 0 Å². The molecule has 0 amide bonds. The number of amidine groups is 1. The van der Waals surface area contributed by atoms with Crippen LogP contribution in [0.2, 0.25) is 0 Å². The predicted molar refractivity (Wildman–Crippen MR) is 75.0 cm³/mol. The summed E-state index contributed by atoms with van der Waals surface area (Å²) in [5.74, 6) is -0.626. The van der Waals surface area contributed by atoms with Crippen molar-refractivity contribution in [1.29, 1.82) is 5.41 Å². The number of hydrogen-bond acceptors (Lipinski definition) is 4. The minimum Gasteiger partial charge on any atom is -0.479 e. The number of anilines is 1. The second kappa shape index (κ2) is 5.48. The number of allylic oxidation sites excluding steroid dienone is 1. The average Bonchev–Trinajstić information content (AvgIpc) is 2.49. The Kier molecular flexibility index (Phi) is 3.75. The molecule has 1 atom stereocenters. The third kappa shape index (κ3) is 3.28. The van der Waals surface area contributed by atoms with Gasteiger partial charge in [0.2, 0.25) is 0 Å². The smallest absolute Gasteiger partial charge is 0.334 e. The van der Waals surface area contributed by atoms with Crippen molar-refractivity contribution < 1.29 is 9.90 Å². The summed E-state index contributed by atoms with van der Waals surface area (Å²) >= 11 is 0. The van der Waals surface area contributed by atoms with E-state index in [0.29, 0.717) is 12.3 Å². The van der Waals surface area contributed by atoms with E-state index in [1.165, 1.54) is 0 Å². The molecule has 1 aromatic carbocycles. The Morgan fingerprint density at radius 2 is 2.11 bits per heavy atom. The molecule has 1 aliphatic rings. The Bertz CT molecular complexity index is 561. The number of nitrogens with zero attached hydrogens (tertiary/aromatic N) is 1. The van der Waals surface area contributed by atoms with Gasteiger partial charge in [-0.05, 0) is 25.1 Å². The predicted octanol–water partition coefficient (Wildman–Crippen LogP) is 2.32. The number of carboxylic acids is 1. The Morgan fingerprint density at radius 1 is 1.42 bits per heavy atom. The Morgan fingerprint density at radius 3 is 2.74 bits per heavy atom. The van der Waals surface area contributed by atoms with E-state index in [-0.39, 0.29) is 5.71 Å². The second-order valence-electron chi connectivity index (χ2n) is 4.44. The van der Waals surface area contributed by atoms with E-state index in [2.05, 4.69) is 10.3 Å². The van der Waals surface area contributed by atoms with E-state index in [9.17, 15) is 4.79 Å². The van der Waals surface area contributed by atoms with Crippen molar-refractivity contribution >= 4 is 23.2 Å². The molecular formula is C14H15N3O2. The van der Waals surface area contributed by atoms with E-state index in [1.54, 1.807) is 6.08 Å². The SMILES string of the molecule is CC1=CC(Nc2ccccc2)=NC(C(=O)O)C(=N)C1. The van der Waals surface area contributed by atoms with Crippen LogP contribution in [0, 0.1) is 5.41 Å². The van der Waals surface area contributed by atoms with Gasteiger partial charge in [0.15, 0.2) is 6.04 Å². The van der Waals surface area contributed by atoms with E-state index in [4.69, 9.17) is 10.5 Å². The van der Waals surface area contributed by atoms with Gasteiger partial charge in [0.05, 0.1) is 0 Å². The minimum atomic E-state index is -1.11. The number of para-hydroxylation sites is 1. The molecule has 3 N–H and O–H groups in total. The average molecular weight is 257 g/mol. The maximum Gasteiger partial charge on any atom is 0.334 e. The zero-order valence-electron chi connectivity index (χ0n) is 10.6. The number of benzene rings is 1. The first kappa shape index (κ1) is 13.0. The van der Waals surface area contributed by atoms with Crippen LogP contribution in [0.3, 0.4) is 0 Å². The lowest BCUT2D eigenvalue weighted by Gasteiger charge is -2.09. The summed E-state index contributed by atoms with van der Waals surface area (Å²) in [6, 6.07) is 8.30. The molecule has 0 spiro atoms. The number of nitrogens with one attached hydrogen (secondary N) is 2. The Balaban J connectivity index is 2.29. The fourth-order valence-corrected chi connectivity index (χ4v) is 1.88. The molecule has 5 nitrogen and oxygen atoms in total. The van der Waals surface area contributed by atoms with E-state index >= 15 is 0 Å². The molecule has 1 heterocycles. The highest BCUT2D eigenvalue weighted by Gasteiger charge is 2.24. The molecule has 5 heteroatoms. The highest BCUT2D eigenvalue weighted by atomic mass is 16.4. The molecule has 0 saturated heterocycles. The van der Waals surface area contributed by atoms with Gasteiger partial charge in [-0.3, -0.25) is 0 Å². The monoisotopic (exact) mass is 257 g/mol.